The minimum atomic E-state index is 0.837. The maximum atomic E-state index is 5.85. The van der Waals surface area contributed by atoms with Gasteiger partial charge in [-0.3, -0.25) is 0 Å². The molecule has 88 valence electrons. The van der Waals surface area contributed by atoms with Gasteiger partial charge in [-0.25, -0.2) is 0 Å². The van der Waals surface area contributed by atoms with Gasteiger partial charge in [0.25, 0.3) is 0 Å². The Morgan fingerprint density at radius 1 is 1.12 bits per heavy atom. The summed E-state index contributed by atoms with van der Waals surface area (Å²) in [6.07, 6.45) is 3.97. The minimum Gasteiger partial charge on any atom is -0.399 e. The van der Waals surface area contributed by atoms with Crippen molar-refractivity contribution in [1.82, 2.24) is 0 Å². The number of nitrogens with two attached hydrogens (primary N) is 1. The summed E-state index contributed by atoms with van der Waals surface area (Å²) < 4.78 is 0. The molecule has 0 bridgehead atoms. The van der Waals surface area contributed by atoms with Gasteiger partial charge in [-0.2, -0.15) is 0 Å². The van der Waals surface area contributed by atoms with Crippen molar-refractivity contribution < 1.29 is 0 Å². The predicted octanol–water partition coefficient (Wildman–Crippen LogP) is 2.33. The van der Waals surface area contributed by atoms with Gasteiger partial charge in [0.15, 0.2) is 0 Å². The zero-order chi connectivity index (χ0) is 11.5. The standard InChI is InChI=1S/C13H21N3/c1-15(2)13-10-11(14)6-7-12(13)16-8-4-3-5-9-16/h6-7,10H,3-5,8-9,14H2,1-2H3. The third-order valence-electron chi connectivity index (χ3n) is 3.18. The number of benzene rings is 1. The summed E-state index contributed by atoms with van der Waals surface area (Å²) in [6, 6.07) is 6.21. The second kappa shape index (κ2) is 4.64. The average molecular weight is 219 g/mol. The number of hydrogen-bond donors (Lipinski definition) is 1. The molecule has 1 saturated heterocycles. The molecule has 1 aliphatic rings. The molecule has 0 aliphatic carbocycles. The fourth-order valence-corrected chi connectivity index (χ4v) is 2.30. The van der Waals surface area contributed by atoms with Crippen LogP contribution in [0.4, 0.5) is 17.1 Å². The van der Waals surface area contributed by atoms with Crippen LogP contribution in [0.5, 0.6) is 0 Å². The molecule has 2 rings (SSSR count). The molecule has 0 unspecified atom stereocenters. The Kier molecular flexibility index (Phi) is 3.22. The number of anilines is 3. The molecule has 3 nitrogen and oxygen atoms in total. The zero-order valence-corrected chi connectivity index (χ0v) is 10.2. The Hall–Kier alpha value is -1.38. The van der Waals surface area contributed by atoms with E-state index in [9.17, 15) is 0 Å². The monoisotopic (exact) mass is 219 g/mol. The Labute approximate surface area is 97.8 Å². The normalized spacial score (nSPS) is 16.2. The first-order valence-electron chi connectivity index (χ1n) is 6.00. The first-order valence-corrected chi connectivity index (χ1v) is 6.00. The van der Waals surface area contributed by atoms with Crippen molar-refractivity contribution in [2.75, 3.05) is 42.7 Å². The van der Waals surface area contributed by atoms with E-state index in [1.165, 1.54) is 43.7 Å². The highest BCUT2D eigenvalue weighted by Gasteiger charge is 2.15. The van der Waals surface area contributed by atoms with Gasteiger partial charge in [0.05, 0.1) is 11.4 Å². The summed E-state index contributed by atoms with van der Waals surface area (Å²) in [5, 5.41) is 0. The van der Waals surface area contributed by atoms with Gasteiger partial charge in [-0.1, -0.05) is 0 Å². The van der Waals surface area contributed by atoms with E-state index in [2.05, 4.69) is 36.0 Å². The number of nitrogen functional groups attached to an aromatic ring is 1. The first-order chi connectivity index (χ1) is 7.68. The second-order valence-electron chi connectivity index (χ2n) is 4.69. The first kappa shape index (κ1) is 11.1. The van der Waals surface area contributed by atoms with Gasteiger partial charge in [-0.15, -0.1) is 0 Å². The van der Waals surface area contributed by atoms with Crippen LogP contribution in [0.3, 0.4) is 0 Å². The Bertz CT molecular complexity index is 354. The largest absolute Gasteiger partial charge is 0.399 e. The molecule has 0 spiro atoms. The van der Waals surface area contributed by atoms with E-state index >= 15 is 0 Å². The molecule has 2 N–H and O–H groups in total. The zero-order valence-electron chi connectivity index (χ0n) is 10.2. The van der Waals surface area contributed by atoms with Crippen molar-refractivity contribution in [3.63, 3.8) is 0 Å². The van der Waals surface area contributed by atoms with Crippen LogP contribution in [0.2, 0.25) is 0 Å². The van der Waals surface area contributed by atoms with E-state index in [1.807, 2.05) is 6.07 Å². The highest BCUT2D eigenvalue weighted by Crippen LogP contribution is 2.31. The lowest BCUT2D eigenvalue weighted by atomic mass is 10.1. The minimum absolute atomic E-state index is 0.837. The molecule has 1 aliphatic heterocycles. The average Bonchev–Trinajstić information content (AvgIpc) is 2.30. The molecule has 0 aromatic heterocycles. The molecule has 1 fully saturated rings. The van der Waals surface area contributed by atoms with Crippen molar-refractivity contribution in [3.8, 4) is 0 Å². The van der Waals surface area contributed by atoms with E-state index in [4.69, 9.17) is 5.73 Å². The molecule has 0 radical (unpaired) electrons. The second-order valence-corrected chi connectivity index (χ2v) is 4.69. The number of piperidine rings is 1. The van der Waals surface area contributed by atoms with Crippen LogP contribution in [0, 0.1) is 0 Å². The molecule has 0 amide bonds. The summed E-state index contributed by atoms with van der Waals surface area (Å²) >= 11 is 0. The number of hydrogen-bond acceptors (Lipinski definition) is 3. The van der Waals surface area contributed by atoms with Crippen molar-refractivity contribution in [2.45, 2.75) is 19.3 Å². The molecular formula is C13H21N3. The van der Waals surface area contributed by atoms with Crippen LogP contribution in [-0.4, -0.2) is 27.2 Å². The highest BCUT2D eigenvalue weighted by atomic mass is 15.2. The third kappa shape index (κ3) is 2.23. The van der Waals surface area contributed by atoms with Gasteiger partial charge in [0.1, 0.15) is 0 Å². The van der Waals surface area contributed by atoms with E-state index < -0.39 is 0 Å². The summed E-state index contributed by atoms with van der Waals surface area (Å²) in [6.45, 7) is 2.34. The fourth-order valence-electron chi connectivity index (χ4n) is 2.30. The van der Waals surface area contributed by atoms with Gasteiger partial charge < -0.3 is 15.5 Å². The predicted molar refractivity (Wildman–Crippen MR) is 71.2 cm³/mol. The lowest BCUT2D eigenvalue weighted by molar-refractivity contribution is 0.578. The van der Waals surface area contributed by atoms with E-state index in [-0.39, 0.29) is 0 Å². The van der Waals surface area contributed by atoms with Crippen LogP contribution >= 0.6 is 0 Å². The molecule has 1 aromatic rings. The van der Waals surface area contributed by atoms with Crippen molar-refractivity contribution in [3.05, 3.63) is 18.2 Å². The van der Waals surface area contributed by atoms with Crippen LogP contribution in [0.1, 0.15) is 19.3 Å². The van der Waals surface area contributed by atoms with Crippen LogP contribution in [0.15, 0.2) is 18.2 Å². The summed E-state index contributed by atoms with van der Waals surface area (Å²) in [7, 11) is 4.14. The number of rotatable bonds is 2. The Balaban J connectivity index is 2.31. The summed E-state index contributed by atoms with van der Waals surface area (Å²) in [5.74, 6) is 0. The highest BCUT2D eigenvalue weighted by molar-refractivity contribution is 5.74. The molecule has 1 aromatic carbocycles. The Morgan fingerprint density at radius 2 is 1.81 bits per heavy atom. The topological polar surface area (TPSA) is 32.5 Å². The maximum absolute atomic E-state index is 5.85. The summed E-state index contributed by atoms with van der Waals surface area (Å²) in [5.41, 5.74) is 9.23. The van der Waals surface area contributed by atoms with Crippen molar-refractivity contribution >= 4 is 17.1 Å². The molecule has 1 heterocycles. The molecule has 16 heavy (non-hydrogen) atoms. The molecule has 3 heteroatoms. The third-order valence-corrected chi connectivity index (χ3v) is 3.18. The van der Waals surface area contributed by atoms with Gasteiger partial charge in [0.2, 0.25) is 0 Å². The number of nitrogens with zero attached hydrogens (tertiary/aromatic N) is 2. The smallest absolute Gasteiger partial charge is 0.0619 e. The van der Waals surface area contributed by atoms with Crippen LogP contribution < -0.4 is 15.5 Å². The lowest BCUT2D eigenvalue weighted by Crippen LogP contribution is -2.30. The van der Waals surface area contributed by atoms with Crippen molar-refractivity contribution in [1.29, 1.82) is 0 Å². The molecule has 0 atom stereocenters. The quantitative estimate of drug-likeness (QED) is 0.775. The fraction of sp³-hybridized carbons (Fsp3) is 0.538. The van der Waals surface area contributed by atoms with E-state index in [1.54, 1.807) is 0 Å². The van der Waals surface area contributed by atoms with Crippen molar-refractivity contribution in [2.24, 2.45) is 0 Å². The van der Waals surface area contributed by atoms with E-state index in [0.29, 0.717) is 0 Å². The SMILES string of the molecule is CN(C)c1cc(N)ccc1N1CCCCC1. The maximum Gasteiger partial charge on any atom is 0.0619 e. The Morgan fingerprint density at radius 3 is 2.44 bits per heavy atom. The van der Waals surface area contributed by atoms with Gasteiger partial charge in [-0.05, 0) is 37.5 Å². The molecule has 0 saturated carbocycles. The summed E-state index contributed by atoms with van der Waals surface area (Å²) in [4.78, 5) is 4.61. The lowest BCUT2D eigenvalue weighted by Gasteiger charge is -2.32. The van der Waals surface area contributed by atoms with E-state index in [0.717, 1.165) is 5.69 Å². The van der Waals surface area contributed by atoms with Gasteiger partial charge in [0, 0.05) is 32.9 Å². The van der Waals surface area contributed by atoms with Crippen LogP contribution in [-0.2, 0) is 0 Å². The molecular weight excluding hydrogens is 198 g/mol. The van der Waals surface area contributed by atoms with Crippen LogP contribution in [0.25, 0.3) is 0 Å². The van der Waals surface area contributed by atoms with Gasteiger partial charge >= 0.3 is 0 Å².